The van der Waals surface area contributed by atoms with Crippen molar-refractivity contribution in [3.8, 4) is 0 Å². The third-order valence-corrected chi connectivity index (χ3v) is 3.81. The van der Waals surface area contributed by atoms with Crippen LogP contribution in [-0.2, 0) is 19.7 Å². The Labute approximate surface area is 105 Å². The molecule has 1 aromatic rings. The predicted octanol–water partition coefficient (Wildman–Crippen LogP) is 0.411. The van der Waals surface area contributed by atoms with Crippen LogP contribution in [0.2, 0.25) is 0 Å². The summed E-state index contributed by atoms with van der Waals surface area (Å²) >= 11 is 0. The van der Waals surface area contributed by atoms with Crippen molar-refractivity contribution in [3.05, 3.63) is 29.8 Å². The molecule has 1 unspecified atom stereocenters. The van der Waals surface area contributed by atoms with Crippen LogP contribution in [0.5, 0.6) is 0 Å². The summed E-state index contributed by atoms with van der Waals surface area (Å²) < 4.78 is 4.73. The fourth-order valence-electron chi connectivity index (χ4n) is 2.85. The van der Waals surface area contributed by atoms with Gasteiger partial charge in [-0.25, -0.2) is 0 Å². The molecule has 1 amide bonds. The number of para-hydroxylation sites is 1. The third-order valence-electron chi connectivity index (χ3n) is 3.81. The number of ether oxygens (including phenoxy) is 1. The number of carbonyl (C=O) groups is 2. The van der Waals surface area contributed by atoms with Crippen molar-refractivity contribution in [2.45, 2.75) is 17.9 Å². The quantitative estimate of drug-likeness (QED) is 0.704. The standard InChI is InChI=1S/C13H14N2O3/c1-18-11(16)10-6-13(7-14-10)8-4-2-3-5-9(8)15-12(13)17/h2-5,10,14H,6-7H2,1H3,(H,15,17)/t10-,13?/m0/s1. The minimum atomic E-state index is -0.630. The van der Waals surface area contributed by atoms with Crippen LogP contribution in [0.25, 0.3) is 0 Å². The zero-order chi connectivity index (χ0) is 12.8. The van der Waals surface area contributed by atoms with Gasteiger partial charge in [-0.3, -0.25) is 9.59 Å². The molecule has 0 aromatic heterocycles. The smallest absolute Gasteiger partial charge is 0.322 e. The second kappa shape index (κ2) is 3.81. The number of hydrogen-bond donors (Lipinski definition) is 2. The summed E-state index contributed by atoms with van der Waals surface area (Å²) in [5.41, 5.74) is 1.18. The first-order chi connectivity index (χ1) is 8.67. The van der Waals surface area contributed by atoms with E-state index in [1.807, 2.05) is 24.3 Å². The van der Waals surface area contributed by atoms with Crippen LogP contribution in [0.1, 0.15) is 12.0 Å². The molecule has 1 fully saturated rings. The molecule has 2 N–H and O–H groups in total. The largest absolute Gasteiger partial charge is 0.468 e. The molecule has 3 rings (SSSR count). The molecule has 5 heteroatoms. The summed E-state index contributed by atoms with van der Waals surface area (Å²) in [4.78, 5) is 23.8. The van der Waals surface area contributed by atoms with Gasteiger partial charge in [0.15, 0.2) is 0 Å². The maximum Gasteiger partial charge on any atom is 0.322 e. The predicted molar refractivity (Wildman–Crippen MR) is 65.2 cm³/mol. The fourth-order valence-corrected chi connectivity index (χ4v) is 2.85. The normalized spacial score (nSPS) is 29.2. The molecule has 2 aliphatic rings. The minimum Gasteiger partial charge on any atom is -0.468 e. The lowest BCUT2D eigenvalue weighted by Crippen LogP contribution is -2.36. The van der Waals surface area contributed by atoms with Crippen LogP contribution >= 0.6 is 0 Å². The number of fused-ring (bicyclic) bond motifs is 2. The van der Waals surface area contributed by atoms with Gasteiger partial charge in [0.05, 0.1) is 12.5 Å². The number of carbonyl (C=O) groups excluding carboxylic acids is 2. The van der Waals surface area contributed by atoms with Crippen LogP contribution < -0.4 is 10.6 Å². The van der Waals surface area contributed by atoms with Gasteiger partial charge in [0.1, 0.15) is 6.04 Å². The SMILES string of the molecule is COC(=O)[C@@H]1CC2(CN1)C(=O)Nc1ccccc12. The van der Waals surface area contributed by atoms with Gasteiger partial charge in [-0.05, 0) is 18.1 Å². The Hall–Kier alpha value is -1.88. The molecular formula is C13H14N2O3. The molecule has 0 bridgehead atoms. The van der Waals surface area contributed by atoms with E-state index >= 15 is 0 Å². The van der Waals surface area contributed by atoms with E-state index in [4.69, 9.17) is 4.74 Å². The fraction of sp³-hybridized carbons (Fsp3) is 0.385. The summed E-state index contributed by atoms with van der Waals surface area (Å²) in [6.45, 7) is 0.468. The summed E-state index contributed by atoms with van der Waals surface area (Å²) in [5, 5.41) is 5.95. The van der Waals surface area contributed by atoms with Crippen molar-refractivity contribution in [2.75, 3.05) is 19.0 Å². The highest BCUT2D eigenvalue weighted by Gasteiger charge is 2.53. The van der Waals surface area contributed by atoms with Gasteiger partial charge in [0.25, 0.3) is 0 Å². The van der Waals surface area contributed by atoms with Gasteiger partial charge < -0.3 is 15.4 Å². The maximum atomic E-state index is 12.2. The Morgan fingerprint density at radius 3 is 3.00 bits per heavy atom. The first kappa shape index (κ1) is 11.2. The first-order valence-corrected chi connectivity index (χ1v) is 5.89. The van der Waals surface area contributed by atoms with Crippen LogP contribution in [-0.4, -0.2) is 31.6 Å². The van der Waals surface area contributed by atoms with Crippen LogP contribution in [0, 0.1) is 0 Å². The first-order valence-electron chi connectivity index (χ1n) is 5.89. The molecule has 94 valence electrons. The number of amides is 1. The molecule has 1 aromatic carbocycles. The van der Waals surface area contributed by atoms with E-state index in [2.05, 4.69) is 10.6 Å². The summed E-state index contributed by atoms with van der Waals surface area (Å²) in [6.07, 6.45) is 0.447. The molecule has 18 heavy (non-hydrogen) atoms. The lowest BCUT2D eigenvalue weighted by molar-refractivity contribution is -0.142. The number of benzene rings is 1. The molecule has 0 aliphatic carbocycles. The zero-order valence-electron chi connectivity index (χ0n) is 10.0. The van der Waals surface area contributed by atoms with E-state index in [0.717, 1.165) is 11.3 Å². The highest BCUT2D eigenvalue weighted by atomic mass is 16.5. The van der Waals surface area contributed by atoms with Crippen molar-refractivity contribution in [3.63, 3.8) is 0 Å². The van der Waals surface area contributed by atoms with Crippen molar-refractivity contribution < 1.29 is 14.3 Å². The topological polar surface area (TPSA) is 67.4 Å². The number of methoxy groups -OCH3 is 1. The Morgan fingerprint density at radius 2 is 2.22 bits per heavy atom. The number of rotatable bonds is 1. The van der Waals surface area contributed by atoms with E-state index in [-0.39, 0.29) is 11.9 Å². The third kappa shape index (κ3) is 1.37. The lowest BCUT2D eigenvalue weighted by Gasteiger charge is -2.19. The van der Waals surface area contributed by atoms with Crippen molar-refractivity contribution in [1.82, 2.24) is 5.32 Å². The Morgan fingerprint density at radius 1 is 1.44 bits per heavy atom. The second-order valence-corrected chi connectivity index (χ2v) is 4.74. The number of anilines is 1. The molecule has 2 atom stereocenters. The van der Waals surface area contributed by atoms with Crippen LogP contribution in [0.3, 0.4) is 0 Å². The van der Waals surface area contributed by atoms with E-state index < -0.39 is 11.5 Å². The van der Waals surface area contributed by atoms with Crippen LogP contribution in [0.4, 0.5) is 5.69 Å². The molecule has 2 aliphatic heterocycles. The molecule has 2 heterocycles. The Balaban J connectivity index is 1.97. The number of esters is 1. The summed E-state index contributed by atoms with van der Waals surface area (Å²) in [7, 11) is 1.36. The van der Waals surface area contributed by atoms with Gasteiger partial charge in [-0.2, -0.15) is 0 Å². The average molecular weight is 246 g/mol. The van der Waals surface area contributed by atoms with Crippen molar-refractivity contribution in [2.24, 2.45) is 0 Å². The van der Waals surface area contributed by atoms with Crippen LogP contribution in [0.15, 0.2) is 24.3 Å². The molecular weight excluding hydrogens is 232 g/mol. The van der Waals surface area contributed by atoms with Gasteiger partial charge in [0, 0.05) is 12.2 Å². The van der Waals surface area contributed by atoms with Crippen molar-refractivity contribution >= 4 is 17.6 Å². The Kier molecular flexibility index (Phi) is 2.38. The Bertz CT molecular complexity index is 529. The second-order valence-electron chi connectivity index (χ2n) is 4.74. The average Bonchev–Trinajstić information content (AvgIpc) is 2.94. The molecule has 1 spiro atoms. The highest BCUT2D eigenvalue weighted by molar-refractivity contribution is 6.07. The van der Waals surface area contributed by atoms with E-state index in [1.165, 1.54) is 7.11 Å². The van der Waals surface area contributed by atoms with Gasteiger partial charge in [0.2, 0.25) is 5.91 Å². The highest BCUT2D eigenvalue weighted by Crippen LogP contribution is 2.43. The monoisotopic (exact) mass is 246 g/mol. The van der Waals surface area contributed by atoms with Gasteiger partial charge in [-0.1, -0.05) is 18.2 Å². The lowest BCUT2D eigenvalue weighted by atomic mass is 9.79. The molecule has 5 nitrogen and oxygen atoms in total. The van der Waals surface area contributed by atoms with Gasteiger partial charge in [-0.15, -0.1) is 0 Å². The molecule has 1 saturated heterocycles. The summed E-state index contributed by atoms with van der Waals surface area (Å²) in [5.74, 6) is -0.355. The number of hydrogen-bond acceptors (Lipinski definition) is 4. The van der Waals surface area contributed by atoms with Crippen molar-refractivity contribution in [1.29, 1.82) is 0 Å². The van der Waals surface area contributed by atoms with E-state index in [1.54, 1.807) is 0 Å². The molecule has 0 saturated carbocycles. The maximum absolute atomic E-state index is 12.2. The van der Waals surface area contributed by atoms with E-state index in [9.17, 15) is 9.59 Å². The zero-order valence-corrected chi connectivity index (χ0v) is 10.0. The van der Waals surface area contributed by atoms with E-state index in [0.29, 0.717) is 13.0 Å². The number of nitrogens with one attached hydrogen (secondary N) is 2. The summed E-state index contributed by atoms with van der Waals surface area (Å²) in [6, 6.07) is 7.21. The molecule has 0 radical (unpaired) electrons. The minimum absolute atomic E-state index is 0.0393. The van der Waals surface area contributed by atoms with Gasteiger partial charge >= 0.3 is 5.97 Å².